The van der Waals surface area contributed by atoms with E-state index in [1.165, 1.54) is 5.56 Å². The van der Waals surface area contributed by atoms with Gasteiger partial charge >= 0.3 is 0 Å². The zero-order valence-electron chi connectivity index (χ0n) is 14.2. The normalized spacial score (nSPS) is 13.3. The van der Waals surface area contributed by atoms with Gasteiger partial charge in [0.05, 0.1) is 10.1 Å². The summed E-state index contributed by atoms with van der Waals surface area (Å²) >= 11 is 2.30. The molecule has 0 bridgehead atoms. The molecule has 0 radical (unpaired) electrons. The third-order valence-corrected chi connectivity index (χ3v) is 4.18. The molecule has 4 nitrogen and oxygen atoms in total. The van der Waals surface area contributed by atoms with Gasteiger partial charge in [-0.2, -0.15) is 0 Å². The Bertz CT molecular complexity index is 619. The fourth-order valence-electron chi connectivity index (χ4n) is 2.55. The Kier molecular flexibility index (Phi) is 7.65. The second-order valence-corrected chi connectivity index (χ2v) is 7.72. The van der Waals surface area contributed by atoms with Crippen LogP contribution in [0, 0.1) is 0 Å². The van der Waals surface area contributed by atoms with Crippen molar-refractivity contribution in [2.75, 3.05) is 13.6 Å². The molecular weight excluding hydrogens is 413 g/mol. The van der Waals surface area contributed by atoms with E-state index >= 15 is 0 Å². The van der Waals surface area contributed by atoms with Crippen molar-refractivity contribution < 1.29 is 4.79 Å². The monoisotopic (exact) mass is 437 g/mol. The lowest BCUT2D eigenvalue weighted by atomic mass is 10.0. The van der Waals surface area contributed by atoms with Gasteiger partial charge in [-0.15, -0.1) is 0 Å². The molecule has 0 aliphatic carbocycles. The summed E-state index contributed by atoms with van der Waals surface area (Å²) in [6, 6.07) is 15.8. The molecule has 1 heterocycles. The van der Waals surface area contributed by atoms with Crippen LogP contribution in [0.4, 0.5) is 0 Å². The van der Waals surface area contributed by atoms with Crippen molar-refractivity contribution in [3.8, 4) is 0 Å². The first-order valence-electron chi connectivity index (χ1n) is 8.15. The van der Waals surface area contributed by atoms with Crippen LogP contribution in [0.25, 0.3) is 0 Å². The number of halogens is 1. The molecule has 2 atom stereocenters. The number of alkyl halides is 1. The Labute approximate surface area is 157 Å². The van der Waals surface area contributed by atoms with Crippen LogP contribution in [0.2, 0.25) is 0 Å². The second-order valence-electron chi connectivity index (χ2n) is 5.86. The Balaban J connectivity index is 1.97. The van der Waals surface area contributed by atoms with Crippen LogP contribution in [-0.2, 0) is 17.6 Å². The average Bonchev–Trinajstić information content (AvgIpc) is 2.60. The number of pyridine rings is 1. The number of benzene rings is 1. The smallest absolute Gasteiger partial charge is 0.239 e. The summed E-state index contributed by atoms with van der Waals surface area (Å²) in [6.07, 6.45) is 3.25. The minimum atomic E-state index is -0.215. The number of amides is 1. The second kappa shape index (κ2) is 9.74. The first-order valence-corrected chi connectivity index (χ1v) is 9.39. The highest BCUT2D eigenvalue weighted by Gasteiger charge is 2.23. The summed E-state index contributed by atoms with van der Waals surface area (Å²) in [4.78, 5) is 19.0. The lowest BCUT2D eigenvalue weighted by Crippen LogP contribution is -2.48. The molecule has 0 fully saturated rings. The molecule has 0 saturated heterocycles. The van der Waals surface area contributed by atoms with Gasteiger partial charge < -0.3 is 4.90 Å². The van der Waals surface area contributed by atoms with Crippen LogP contribution in [-0.4, -0.2) is 39.5 Å². The molecule has 0 saturated carbocycles. The average molecular weight is 437 g/mol. The Hall–Kier alpha value is -1.47. The maximum Gasteiger partial charge on any atom is 0.239 e. The molecule has 1 N–H and O–H groups in total. The number of hydrogen-bond acceptors (Lipinski definition) is 3. The maximum atomic E-state index is 12.8. The van der Waals surface area contributed by atoms with Crippen LogP contribution in [0.15, 0.2) is 54.7 Å². The summed E-state index contributed by atoms with van der Waals surface area (Å²) in [5.41, 5.74) is 2.17. The van der Waals surface area contributed by atoms with Crippen LogP contribution < -0.4 is 5.32 Å². The van der Waals surface area contributed by atoms with Gasteiger partial charge in [0.25, 0.3) is 0 Å². The molecule has 5 heteroatoms. The van der Waals surface area contributed by atoms with Crippen LogP contribution in [0.3, 0.4) is 0 Å². The lowest BCUT2D eigenvalue weighted by Gasteiger charge is -2.26. The number of hydrogen-bond donors (Lipinski definition) is 1. The quantitative estimate of drug-likeness (QED) is 0.392. The van der Waals surface area contributed by atoms with Crippen molar-refractivity contribution in [2.24, 2.45) is 0 Å². The predicted octanol–water partition coefficient (Wildman–Crippen LogP) is 3.06. The molecular formula is C19H24IN3O. The first-order chi connectivity index (χ1) is 11.6. The van der Waals surface area contributed by atoms with Crippen molar-refractivity contribution in [3.63, 3.8) is 0 Å². The van der Waals surface area contributed by atoms with Gasteiger partial charge in [-0.25, -0.2) is 0 Å². The molecule has 0 aliphatic heterocycles. The van der Waals surface area contributed by atoms with Crippen molar-refractivity contribution in [3.05, 3.63) is 66.0 Å². The molecule has 24 heavy (non-hydrogen) atoms. The molecule has 1 unspecified atom stereocenters. The van der Waals surface area contributed by atoms with E-state index < -0.39 is 0 Å². The van der Waals surface area contributed by atoms with Gasteiger partial charge in [0.2, 0.25) is 5.91 Å². The maximum absolute atomic E-state index is 12.8. The summed E-state index contributed by atoms with van der Waals surface area (Å²) in [5.74, 6) is 0.123. The zero-order valence-corrected chi connectivity index (χ0v) is 16.3. The van der Waals surface area contributed by atoms with Crippen molar-refractivity contribution in [1.82, 2.24) is 15.2 Å². The summed E-state index contributed by atoms with van der Waals surface area (Å²) in [5, 5.41) is 3.39. The van der Waals surface area contributed by atoms with E-state index in [1.807, 2.05) is 43.4 Å². The number of rotatable bonds is 8. The molecule has 2 aromatic rings. The highest BCUT2D eigenvalue weighted by molar-refractivity contribution is 14.1. The molecule has 1 amide bonds. The van der Waals surface area contributed by atoms with Crippen LogP contribution in [0.1, 0.15) is 18.2 Å². The Morgan fingerprint density at radius 2 is 1.92 bits per heavy atom. The number of carbonyl (C=O) groups is 1. The van der Waals surface area contributed by atoms with E-state index in [0.29, 0.717) is 13.0 Å². The highest BCUT2D eigenvalue weighted by Crippen LogP contribution is 2.09. The highest BCUT2D eigenvalue weighted by atomic mass is 127. The van der Waals surface area contributed by atoms with Gasteiger partial charge in [-0.05, 0) is 31.0 Å². The van der Waals surface area contributed by atoms with E-state index in [0.717, 1.165) is 12.1 Å². The van der Waals surface area contributed by atoms with E-state index in [4.69, 9.17) is 0 Å². The largest absolute Gasteiger partial charge is 0.344 e. The summed E-state index contributed by atoms with van der Waals surface area (Å²) in [6.45, 7) is 2.72. The number of nitrogens with one attached hydrogen (secondary N) is 1. The van der Waals surface area contributed by atoms with Gasteiger partial charge in [0, 0.05) is 31.9 Å². The lowest BCUT2D eigenvalue weighted by molar-refractivity contribution is -0.132. The third-order valence-electron chi connectivity index (χ3n) is 3.82. The van der Waals surface area contributed by atoms with Crippen molar-refractivity contribution in [1.29, 1.82) is 0 Å². The molecule has 0 aliphatic rings. The zero-order chi connectivity index (χ0) is 17.4. The van der Waals surface area contributed by atoms with Crippen molar-refractivity contribution in [2.45, 2.75) is 29.9 Å². The van der Waals surface area contributed by atoms with Gasteiger partial charge in [-0.3, -0.25) is 15.1 Å². The predicted molar refractivity (Wildman–Crippen MR) is 106 cm³/mol. The fourth-order valence-corrected chi connectivity index (χ4v) is 2.98. The minimum Gasteiger partial charge on any atom is -0.344 e. The van der Waals surface area contributed by atoms with E-state index in [-0.39, 0.29) is 16.0 Å². The van der Waals surface area contributed by atoms with E-state index in [1.54, 1.807) is 11.1 Å². The Morgan fingerprint density at radius 1 is 1.21 bits per heavy atom. The number of carbonyl (C=O) groups excluding carboxylic acids is 1. The molecule has 1 aromatic carbocycles. The van der Waals surface area contributed by atoms with E-state index in [2.05, 4.69) is 51.9 Å². The third kappa shape index (κ3) is 6.20. The minimum absolute atomic E-state index is 0.123. The molecule has 0 spiro atoms. The van der Waals surface area contributed by atoms with E-state index in [9.17, 15) is 4.79 Å². The first kappa shape index (κ1) is 18.9. The van der Waals surface area contributed by atoms with Gasteiger partial charge in [-0.1, -0.05) is 59.0 Å². The number of nitrogens with zero attached hydrogens (tertiary/aromatic N) is 2. The van der Waals surface area contributed by atoms with Crippen molar-refractivity contribution >= 4 is 28.5 Å². The summed E-state index contributed by atoms with van der Waals surface area (Å²) < 4.78 is 0.226. The molecule has 2 rings (SSSR count). The summed E-state index contributed by atoms with van der Waals surface area (Å²) in [7, 11) is 1.86. The van der Waals surface area contributed by atoms with Gasteiger partial charge in [0.15, 0.2) is 0 Å². The number of likely N-dealkylation sites (N-methyl/N-ethyl adjacent to an activating group) is 1. The Morgan fingerprint density at radius 3 is 2.54 bits per heavy atom. The number of aromatic nitrogens is 1. The standard InChI is InChI=1S/C19H24IN3O/c1-15(20)22-18(14-16-8-4-3-5-9-16)19(24)23(2)13-11-17-10-6-7-12-21-17/h3-10,12,15,18,22H,11,13-14H2,1-2H3/t15?,18-/m0/s1. The SMILES string of the molecule is CC(I)N[C@@H](Cc1ccccc1)C(=O)N(C)CCc1ccccn1. The molecule has 128 valence electrons. The van der Waals surface area contributed by atoms with Crippen LogP contribution in [0.5, 0.6) is 0 Å². The van der Waals surface area contributed by atoms with Gasteiger partial charge in [0.1, 0.15) is 0 Å². The van der Waals surface area contributed by atoms with Crippen LogP contribution >= 0.6 is 22.6 Å². The molecule has 1 aromatic heterocycles. The fraction of sp³-hybridized carbons (Fsp3) is 0.368. The topological polar surface area (TPSA) is 45.2 Å².